The third-order valence-corrected chi connectivity index (χ3v) is 9.12. The Hall–Kier alpha value is -4.14. The third kappa shape index (κ3) is 4.89. The standard InChI is InChI=1S/C25H23N5O7S2/c1-14(2)23(24(31)32)28-39(35,36)18-9-11-21-20(13-18)19-10-6-16(12-22(19)37-21)30-27-25(26-29-30)38(33,34)17-7-4-15(3)5-8-17/h4-14,23,28H,1-3H3,(H,31,32). The molecule has 0 fully saturated rings. The van der Waals surface area contributed by atoms with Gasteiger partial charge in [0.25, 0.3) is 5.16 Å². The van der Waals surface area contributed by atoms with Crippen LogP contribution in [0.2, 0.25) is 0 Å². The molecule has 2 aromatic heterocycles. The first-order chi connectivity index (χ1) is 18.4. The van der Waals surface area contributed by atoms with Crippen LogP contribution in [-0.2, 0) is 24.7 Å². The van der Waals surface area contributed by atoms with Crippen molar-refractivity contribution in [3.8, 4) is 5.69 Å². The molecule has 1 unspecified atom stereocenters. The number of carboxylic acid groups (broad SMARTS) is 1. The zero-order valence-electron chi connectivity index (χ0n) is 20.9. The van der Waals surface area contributed by atoms with E-state index in [4.69, 9.17) is 4.42 Å². The number of benzene rings is 3. The fourth-order valence-corrected chi connectivity index (χ4v) is 6.38. The van der Waals surface area contributed by atoms with Crippen molar-refractivity contribution < 1.29 is 31.2 Å². The number of carboxylic acids is 1. The first-order valence-electron chi connectivity index (χ1n) is 11.7. The van der Waals surface area contributed by atoms with Gasteiger partial charge in [-0.05, 0) is 60.5 Å². The molecule has 0 aliphatic carbocycles. The summed E-state index contributed by atoms with van der Waals surface area (Å²) in [6.07, 6.45) is 0. The van der Waals surface area contributed by atoms with Crippen molar-refractivity contribution in [1.29, 1.82) is 0 Å². The minimum Gasteiger partial charge on any atom is -0.480 e. The molecule has 202 valence electrons. The summed E-state index contributed by atoms with van der Waals surface area (Å²) in [5, 5.41) is 21.6. The second kappa shape index (κ2) is 9.55. The molecule has 3 aromatic carbocycles. The summed E-state index contributed by atoms with van der Waals surface area (Å²) in [5.41, 5.74) is 2.05. The van der Waals surface area contributed by atoms with Crippen LogP contribution in [-0.4, -0.2) is 54.2 Å². The van der Waals surface area contributed by atoms with Crippen LogP contribution in [0.25, 0.3) is 27.6 Å². The van der Waals surface area contributed by atoms with Crippen LogP contribution < -0.4 is 4.72 Å². The van der Waals surface area contributed by atoms with Crippen LogP contribution in [0.15, 0.2) is 80.0 Å². The molecule has 1 atom stereocenters. The Balaban J connectivity index is 1.49. The minimum absolute atomic E-state index is 0.0451. The van der Waals surface area contributed by atoms with Gasteiger partial charge >= 0.3 is 5.97 Å². The lowest BCUT2D eigenvalue weighted by Gasteiger charge is -2.17. The van der Waals surface area contributed by atoms with Gasteiger partial charge in [0, 0.05) is 16.8 Å². The normalized spacial score (nSPS) is 13.3. The van der Waals surface area contributed by atoms with E-state index in [-0.39, 0.29) is 9.79 Å². The zero-order chi connectivity index (χ0) is 28.1. The highest BCUT2D eigenvalue weighted by Gasteiger charge is 2.29. The van der Waals surface area contributed by atoms with E-state index in [0.29, 0.717) is 27.6 Å². The average Bonchev–Trinajstić information content (AvgIpc) is 3.52. The average molecular weight is 570 g/mol. The van der Waals surface area contributed by atoms with Crippen LogP contribution in [0.1, 0.15) is 19.4 Å². The van der Waals surface area contributed by atoms with Crippen molar-refractivity contribution in [2.24, 2.45) is 5.92 Å². The molecule has 0 spiro atoms. The molecule has 12 nitrogen and oxygen atoms in total. The number of nitrogens with zero attached hydrogens (tertiary/aromatic N) is 4. The lowest BCUT2D eigenvalue weighted by molar-refractivity contribution is -0.140. The van der Waals surface area contributed by atoms with Gasteiger partial charge < -0.3 is 9.52 Å². The monoisotopic (exact) mass is 569 g/mol. The molecular weight excluding hydrogens is 546 g/mol. The fraction of sp³-hybridized carbons (Fsp3) is 0.200. The maximum atomic E-state index is 12.9. The fourth-order valence-electron chi connectivity index (χ4n) is 3.98. The van der Waals surface area contributed by atoms with Crippen molar-refractivity contribution in [3.05, 3.63) is 66.2 Å². The Bertz CT molecular complexity index is 1940. The second-order valence-electron chi connectivity index (χ2n) is 9.30. The van der Waals surface area contributed by atoms with Gasteiger partial charge in [0.1, 0.15) is 17.2 Å². The summed E-state index contributed by atoms with van der Waals surface area (Å²) in [4.78, 5) is 12.5. The Morgan fingerprint density at radius 3 is 2.28 bits per heavy atom. The van der Waals surface area contributed by atoms with Crippen molar-refractivity contribution in [2.45, 2.75) is 41.8 Å². The van der Waals surface area contributed by atoms with E-state index in [1.54, 1.807) is 44.2 Å². The number of sulfonamides is 1. The van der Waals surface area contributed by atoms with Crippen LogP contribution in [0, 0.1) is 12.8 Å². The van der Waals surface area contributed by atoms with Gasteiger partial charge in [0.2, 0.25) is 19.9 Å². The van der Waals surface area contributed by atoms with E-state index in [1.807, 2.05) is 6.92 Å². The number of hydrogen-bond donors (Lipinski definition) is 2. The van der Waals surface area contributed by atoms with Crippen molar-refractivity contribution in [1.82, 2.24) is 24.9 Å². The molecule has 0 amide bonds. The van der Waals surface area contributed by atoms with Gasteiger partial charge in [0.15, 0.2) is 0 Å². The van der Waals surface area contributed by atoms with Gasteiger partial charge in [-0.15, -0.1) is 9.90 Å². The summed E-state index contributed by atoms with van der Waals surface area (Å²) in [5.74, 6) is -1.74. The Labute approximate surface area is 223 Å². The number of aliphatic carboxylic acids is 1. The zero-order valence-corrected chi connectivity index (χ0v) is 22.6. The van der Waals surface area contributed by atoms with E-state index in [0.717, 1.165) is 10.4 Å². The molecular formula is C25H23N5O7S2. The van der Waals surface area contributed by atoms with E-state index in [9.17, 15) is 26.7 Å². The summed E-state index contributed by atoms with van der Waals surface area (Å²) in [6.45, 7) is 5.06. The predicted octanol–water partition coefficient (Wildman–Crippen LogP) is 3.09. The number of sulfone groups is 1. The molecule has 0 aliphatic rings. The first kappa shape index (κ1) is 26.5. The highest BCUT2D eigenvalue weighted by atomic mass is 32.2. The second-order valence-corrected chi connectivity index (χ2v) is 12.9. The minimum atomic E-state index is -4.14. The number of rotatable bonds is 8. The lowest BCUT2D eigenvalue weighted by atomic mass is 10.1. The number of nitrogens with one attached hydrogen (secondary N) is 1. The van der Waals surface area contributed by atoms with Crippen LogP contribution in [0.3, 0.4) is 0 Å². The lowest BCUT2D eigenvalue weighted by Crippen LogP contribution is -2.44. The maximum Gasteiger partial charge on any atom is 0.322 e. The molecule has 0 saturated carbocycles. The van der Waals surface area contributed by atoms with Crippen LogP contribution >= 0.6 is 0 Å². The van der Waals surface area contributed by atoms with Gasteiger partial charge in [-0.2, -0.15) is 4.72 Å². The molecule has 39 heavy (non-hydrogen) atoms. The third-order valence-electron chi connectivity index (χ3n) is 6.15. The van der Waals surface area contributed by atoms with E-state index in [2.05, 4.69) is 20.1 Å². The van der Waals surface area contributed by atoms with Crippen molar-refractivity contribution in [3.63, 3.8) is 0 Å². The van der Waals surface area contributed by atoms with Crippen LogP contribution in [0.4, 0.5) is 0 Å². The molecule has 0 bridgehead atoms. The maximum absolute atomic E-state index is 12.9. The Kier molecular flexibility index (Phi) is 6.48. The largest absolute Gasteiger partial charge is 0.480 e. The number of aromatic nitrogens is 4. The quantitative estimate of drug-likeness (QED) is 0.282. The predicted molar refractivity (Wildman–Crippen MR) is 140 cm³/mol. The van der Waals surface area contributed by atoms with E-state index < -0.39 is 42.9 Å². The van der Waals surface area contributed by atoms with Gasteiger partial charge in [-0.25, -0.2) is 16.8 Å². The molecule has 0 radical (unpaired) electrons. The smallest absolute Gasteiger partial charge is 0.322 e. The number of furan rings is 1. The summed E-state index contributed by atoms with van der Waals surface area (Å²) in [7, 11) is -8.11. The van der Waals surface area contributed by atoms with E-state index in [1.165, 1.54) is 30.3 Å². The molecule has 5 aromatic rings. The topological polar surface area (TPSA) is 174 Å². The van der Waals surface area contributed by atoms with Gasteiger partial charge in [-0.1, -0.05) is 36.6 Å². The van der Waals surface area contributed by atoms with Crippen molar-refractivity contribution >= 4 is 47.8 Å². The molecule has 5 rings (SSSR count). The molecule has 0 aliphatic heterocycles. The summed E-state index contributed by atoms with van der Waals surface area (Å²) < 4.78 is 59.7. The van der Waals surface area contributed by atoms with Crippen LogP contribution in [0.5, 0.6) is 0 Å². The molecule has 2 N–H and O–H groups in total. The van der Waals surface area contributed by atoms with Crippen molar-refractivity contribution in [2.75, 3.05) is 0 Å². The number of carbonyl (C=O) groups is 1. The van der Waals surface area contributed by atoms with E-state index >= 15 is 0 Å². The van der Waals surface area contributed by atoms with Gasteiger partial charge in [0.05, 0.1) is 15.5 Å². The number of fused-ring (bicyclic) bond motifs is 3. The number of hydrogen-bond acceptors (Lipinski definition) is 9. The first-order valence-corrected chi connectivity index (χ1v) is 14.7. The number of tetrazole rings is 1. The molecule has 14 heteroatoms. The highest BCUT2D eigenvalue weighted by molar-refractivity contribution is 7.91. The Morgan fingerprint density at radius 2 is 1.62 bits per heavy atom. The number of aryl methyl sites for hydroxylation is 1. The highest BCUT2D eigenvalue weighted by Crippen LogP contribution is 2.32. The van der Waals surface area contributed by atoms with Gasteiger partial charge in [-0.3, -0.25) is 4.79 Å². The Morgan fingerprint density at radius 1 is 0.923 bits per heavy atom. The summed E-state index contributed by atoms with van der Waals surface area (Å²) >= 11 is 0. The molecule has 0 saturated heterocycles. The molecule has 2 heterocycles. The summed E-state index contributed by atoms with van der Waals surface area (Å²) in [6, 6.07) is 14.1. The SMILES string of the molecule is Cc1ccc(S(=O)(=O)c2nnn(-c3ccc4c(c3)oc3ccc(S(=O)(=O)NC(C(=O)O)C(C)C)cc34)n2)cc1.